The Balaban J connectivity index is 1.75. The Morgan fingerprint density at radius 2 is 1.81 bits per heavy atom. The molecule has 1 amide bonds. The molecule has 1 aromatic carbocycles. The first-order valence-electron chi connectivity index (χ1n) is 9.44. The molecule has 0 fully saturated rings. The molecule has 2 aliphatic heterocycles. The van der Waals surface area contributed by atoms with E-state index in [9.17, 15) is 9.59 Å². The smallest absolute Gasteiger partial charge is 0.259 e. The van der Waals surface area contributed by atoms with Crippen LogP contribution in [-0.4, -0.2) is 54.1 Å². The first kappa shape index (κ1) is 17.8. The van der Waals surface area contributed by atoms with E-state index in [2.05, 4.69) is 17.0 Å². The minimum absolute atomic E-state index is 0.0466. The van der Waals surface area contributed by atoms with Crippen LogP contribution in [0.5, 0.6) is 5.75 Å². The summed E-state index contributed by atoms with van der Waals surface area (Å²) < 4.78 is 7.21. The van der Waals surface area contributed by atoms with E-state index >= 15 is 0 Å². The molecule has 142 valence electrons. The van der Waals surface area contributed by atoms with Gasteiger partial charge >= 0.3 is 0 Å². The summed E-state index contributed by atoms with van der Waals surface area (Å²) >= 11 is 0. The second kappa shape index (κ2) is 7.19. The molecule has 0 N–H and O–H groups in total. The van der Waals surface area contributed by atoms with Crippen molar-refractivity contribution < 1.29 is 9.53 Å². The highest BCUT2D eigenvalue weighted by molar-refractivity contribution is 5.98. The Morgan fingerprint density at radius 3 is 2.59 bits per heavy atom. The second-order valence-corrected chi connectivity index (χ2v) is 7.32. The van der Waals surface area contributed by atoms with Gasteiger partial charge in [0.25, 0.3) is 11.5 Å². The Bertz CT molecular complexity index is 935. The molecule has 0 aliphatic carbocycles. The average Bonchev–Trinajstić information content (AvgIpc) is 2.89. The first-order chi connectivity index (χ1) is 13.1. The SMILES string of the molecule is COc1cc(=O)n2c(c1C(=O)N1CCc3ccccc3C1)CCN(C)CC2. The summed E-state index contributed by atoms with van der Waals surface area (Å²) in [4.78, 5) is 30.1. The van der Waals surface area contributed by atoms with Crippen molar-refractivity contribution in [3.05, 3.63) is 63.1 Å². The number of likely N-dealkylation sites (N-methyl/N-ethyl adjacent to an activating group) is 1. The van der Waals surface area contributed by atoms with Gasteiger partial charge in [0, 0.05) is 50.9 Å². The van der Waals surface area contributed by atoms with Crippen LogP contribution in [0.3, 0.4) is 0 Å². The molecule has 0 saturated heterocycles. The monoisotopic (exact) mass is 367 g/mol. The van der Waals surface area contributed by atoms with E-state index in [0.717, 1.165) is 25.2 Å². The highest BCUT2D eigenvalue weighted by Crippen LogP contribution is 2.27. The second-order valence-electron chi connectivity index (χ2n) is 7.32. The molecule has 0 spiro atoms. The lowest BCUT2D eigenvalue weighted by Gasteiger charge is -2.30. The average molecular weight is 367 g/mol. The van der Waals surface area contributed by atoms with Gasteiger partial charge in [-0.25, -0.2) is 0 Å². The van der Waals surface area contributed by atoms with E-state index in [0.29, 0.717) is 37.4 Å². The Labute approximate surface area is 159 Å². The standard InChI is InChI=1S/C21H25N3O3/c1-22-9-8-17-20(18(27-2)13-19(25)24(17)12-11-22)21(26)23-10-7-15-5-3-4-6-16(15)14-23/h3-6,13H,7-12,14H2,1-2H3. The number of carbonyl (C=O) groups excluding carboxylic acids is 1. The van der Waals surface area contributed by atoms with Gasteiger partial charge in [0.15, 0.2) is 0 Å². The van der Waals surface area contributed by atoms with Crippen LogP contribution in [-0.2, 0) is 25.9 Å². The molecular formula is C21H25N3O3. The third kappa shape index (κ3) is 3.25. The van der Waals surface area contributed by atoms with Gasteiger partial charge < -0.3 is 19.1 Å². The molecule has 2 aliphatic rings. The number of amides is 1. The van der Waals surface area contributed by atoms with E-state index in [-0.39, 0.29) is 11.5 Å². The number of methoxy groups -OCH3 is 1. The lowest BCUT2D eigenvalue weighted by molar-refractivity contribution is 0.0728. The largest absolute Gasteiger partial charge is 0.496 e. The molecule has 4 rings (SSSR count). The van der Waals surface area contributed by atoms with Crippen molar-refractivity contribution in [3.63, 3.8) is 0 Å². The topological polar surface area (TPSA) is 54.8 Å². The van der Waals surface area contributed by atoms with E-state index in [1.54, 1.807) is 4.57 Å². The Hall–Kier alpha value is -2.60. The van der Waals surface area contributed by atoms with Crippen molar-refractivity contribution in [1.29, 1.82) is 0 Å². The van der Waals surface area contributed by atoms with Crippen LogP contribution in [0.2, 0.25) is 0 Å². The predicted molar refractivity (Wildman–Crippen MR) is 103 cm³/mol. The maximum Gasteiger partial charge on any atom is 0.259 e. The maximum atomic E-state index is 13.5. The number of rotatable bonds is 2. The van der Waals surface area contributed by atoms with Crippen molar-refractivity contribution in [3.8, 4) is 5.75 Å². The molecule has 27 heavy (non-hydrogen) atoms. The van der Waals surface area contributed by atoms with Crippen LogP contribution < -0.4 is 10.3 Å². The van der Waals surface area contributed by atoms with Gasteiger partial charge in [0.05, 0.1) is 7.11 Å². The van der Waals surface area contributed by atoms with Crippen LogP contribution in [0.15, 0.2) is 35.1 Å². The van der Waals surface area contributed by atoms with Crippen molar-refractivity contribution in [2.24, 2.45) is 0 Å². The van der Waals surface area contributed by atoms with Crippen LogP contribution in [0, 0.1) is 0 Å². The van der Waals surface area contributed by atoms with Crippen molar-refractivity contribution in [2.75, 3.05) is 33.8 Å². The normalized spacial score (nSPS) is 17.0. The molecule has 0 unspecified atom stereocenters. The van der Waals surface area contributed by atoms with Crippen molar-refractivity contribution in [1.82, 2.24) is 14.4 Å². The molecule has 0 saturated carbocycles. The number of fused-ring (bicyclic) bond motifs is 2. The molecule has 6 heteroatoms. The predicted octanol–water partition coefficient (Wildman–Crippen LogP) is 1.54. The number of benzene rings is 1. The molecular weight excluding hydrogens is 342 g/mol. The number of hydrogen-bond donors (Lipinski definition) is 0. The lowest BCUT2D eigenvalue weighted by Crippen LogP contribution is -2.38. The van der Waals surface area contributed by atoms with E-state index in [1.807, 2.05) is 24.1 Å². The van der Waals surface area contributed by atoms with Gasteiger partial charge in [-0.05, 0) is 24.6 Å². The highest BCUT2D eigenvalue weighted by Gasteiger charge is 2.29. The Kier molecular flexibility index (Phi) is 4.74. The molecule has 1 aromatic heterocycles. The van der Waals surface area contributed by atoms with Gasteiger partial charge in [0.1, 0.15) is 11.3 Å². The fourth-order valence-corrected chi connectivity index (χ4v) is 4.07. The van der Waals surface area contributed by atoms with Crippen LogP contribution in [0.25, 0.3) is 0 Å². The van der Waals surface area contributed by atoms with E-state index in [1.165, 1.54) is 24.3 Å². The quantitative estimate of drug-likeness (QED) is 0.808. The summed E-state index contributed by atoms with van der Waals surface area (Å²) in [5.41, 5.74) is 3.74. The first-order valence-corrected chi connectivity index (χ1v) is 9.44. The summed E-state index contributed by atoms with van der Waals surface area (Å²) in [6, 6.07) is 9.72. The third-order valence-electron chi connectivity index (χ3n) is 5.67. The number of aromatic nitrogens is 1. The molecule has 2 aromatic rings. The van der Waals surface area contributed by atoms with Gasteiger partial charge in [-0.2, -0.15) is 0 Å². The number of ether oxygens (including phenoxy) is 1. The summed E-state index contributed by atoms with van der Waals surface area (Å²) in [5, 5.41) is 0. The van der Waals surface area contributed by atoms with Crippen LogP contribution >= 0.6 is 0 Å². The number of hydrogen-bond acceptors (Lipinski definition) is 4. The van der Waals surface area contributed by atoms with E-state index in [4.69, 9.17) is 4.74 Å². The molecule has 3 heterocycles. The fraction of sp³-hybridized carbons (Fsp3) is 0.429. The van der Waals surface area contributed by atoms with Crippen molar-refractivity contribution >= 4 is 5.91 Å². The van der Waals surface area contributed by atoms with Gasteiger partial charge in [-0.15, -0.1) is 0 Å². The zero-order valence-electron chi connectivity index (χ0n) is 15.9. The number of carbonyl (C=O) groups is 1. The van der Waals surface area contributed by atoms with E-state index < -0.39 is 0 Å². The summed E-state index contributed by atoms with van der Waals surface area (Å²) in [7, 11) is 3.56. The highest BCUT2D eigenvalue weighted by atomic mass is 16.5. The summed E-state index contributed by atoms with van der Waals surface area (Å²) in [5.74, 6) is 0.342. The fourth-order valence-electron chi connectivity index (χ4n) is 4.07. The van der Waals surface area contributed by atoms with Crippen molar-refractivity contribution in [2.45, 2.75) is 25.9 Å². The molecule has 6 nitrogen and oxygen atoms in total. The zero-order chi connectivity index (χ0) is 19.0. The molecule has 0 atom stereocenters. The van der Waals surface area contributed by atoms with Crippen LogP contribution in [0.1, 0.15) is 27.2 Å². The summed E-state index contributed by atoms with van der Waals surface area (Å²) in [6.07, 6.45) is 1.51. The maximum absolute atomic E-state index is 13.5. The summed E-state index contributed by atoms with van der Waals surface area (Å²) in [6.45, 7) is 3.48. The molecule has 0 bridgehead atoms. The van der Waals surface area contributed by atoms with Gasteiger partial charge in [0.2, 0.25) is 0 Å². The minimum Gasteiger partial charge on any atom is -0.496 e. The van der Waals surface area contributed by atoms with Gasteiger partial charge in [-0.1, -0.05) is 24.3 Å². The number of nitrogens with zero attached hydrogens (tertiary/aromatic N) is 3. The third-order valence-corrected chi connectivity index (χ3v) is 5.67. The Morgan fingerprint density at radius 1 is 1.04 bits per heavy atom. The van der Waals surface area contributed by atoms with Crippen LogP contribution in [0.4, 0.5) is 0 Å². The minimum atomic E-state index is -0.0994. The number of pyridine rings is 1. The molecule has 0 radical (unpaired) electrons. The lowest BCUT2D eigenvalue weighted by atomic mass is 9.98. The zero-order valence-corrected chi connectivity index (χ0v) is 15.9. The van der Waals surface area contributed by atoms with Gasteiger partial charge in [-0.3, -0.25) is 9.59 Å².